The number of nitrogens with one attached hydrogen (secondary N) is 2. The van der Waals surface area contributed by atoms with Gasteiger partial charge in [0, 0.05) is 38.6 Å². The number of hydrogen-bond donors (Lipinski definition) is 2. The zero-order valence-corrected chi connectivity index (χ0v) is 12.3. The zero-order valence-electron chi connectivity index (χ0n) is 11.4. The van der Waals surface area contributed by atoms with Gasteiger partial charge in [-0.25, -0.2) is 4.98 Å². The van der Waals surface area contributed by atoms with E-state index in [-0.39, 0.29) is 0 Å². The number of rotatable bonds is 8. The summed E-state index contributed by atoms with van der Waals surface area (Å²) in [6.45, 7) is 4.96. The maximum absolute atomic E-state index is 5.25. The predicted molar refractivity (Wildman–Crippen MR) is 79.3 cm³/mol. The maximum atomic E-state index is 5.25. The lowest BCUT2D eigenvalue weighted by atomic mass is 10.2. The van der Waals surface area contributed by atoms with E-state index < -0.39 is 0 Å². The molecule has 0 atom stereocenters. The minimum Gasteiger partial charge on any atom is -0.481 e. The van der Waals surface area contributed by atoms with E-state index in [9.17, 15) is 0 Å². The Hall–Kier alpha value is -1.40. The summed E-state index contributed by atoms with van der Waals surface area (Å²) in [5, 5.41) is 6.92. The van der Waals surface area contributed by atoms with Crippen LogP contribution in [0.3, 0.4) is 0 Å². The number of hydrogen-bond acceptors (Lipinski definition) is 4. The van der Waals surface area contributed by atoms with E-state index in [2.05, 4.69) is 15.6 Å². The third-order valence-electron chi connectivity index (χ3n) is 2.42. The van der Waals surface area contributed by atoms with Crippen molar-refractivity contribution in [3.8, 4) is 5.88 Å². The standard InChI is InChI=1S/C13H21N3O2S/c1-3-18-8-4-6-15-13(19)16-10-11-5-7-14-12(9-11)17-2/h5,7,9H,3-4,6,8,10H2,1-2H3,(H2,15,16,19). The summed E-state index contributed by atoms with van der Waals surface area (Å²) < 4.78 is 10.3. The maximum Gasteiger partial charge on any atom is 0.213 e. The van der Waals surface area contributed by atoms with Gasteiger partial charge in [-0.1, -0.05) is 0 Å². The molecule has 0 fully saturated rings. The van der Waals surface area contributed by atoms with Crippen LogP contribution in [-0.4, -0.2) is 37.0 Å². The van der Waals surface area contributed by atoms with Crippen molar-refractivity contribution in [3.63, 3.8) is 0 Å². The molecular formula is C13H21N3O2S. The molecule has 0 spiro atoms. The van der Waals surface area contributed by atoms with Crippen molar-refractivity contribution in [1.29, 1.82) is 0 Å². The van der Waals surface area contributed by atoms with Gasteiger partial charge in [-0.05, 0) is 37.2 Å². The lowest BCUT2D eigenvalue weighted by Gasteiger charge is -2.10. The summed E-state index contributed by atoms with van der Waals surface area (Å²) in [4.78, 5) is 4.05. The Morgan fingerprint density at radius 3 is 3.00 bits per heavy atom. The van der Waals surface area contributed by atoms with Crippen LogP contribution in [0.25, 0.3) is 0 Å². The molecule has 1 rings (SSSR count). The summed E-state index contributed by atoms with van der Waals surface area (Å²) in [6.07, 6.45) is 2.66. The lowest BCUT2D eigenvalue weighted by Crippen LogP contribution is -2.35. The largest absolute Gasteiger partial charge is 0.481 e. The Bertz CT molecular complexity index is 388. The molecule has 106 valence electrons. The monoisotopic (exact) mass is 283 g/mol. The highest BCUT2D eigenvalue weighted by molar-refractivity contribution is 7.80. The molecule has 1 aromatic heterocycles. The van der Waals surface area contributed by atoms with Crippen molar-refractivity contribution >= 4 is 17.3 Å². The van der Waals surface area contributed by atoms with Crippen LogP contribution in [0.5, 0.6) is 5.88 Å². The Morgan fingerprint density at radius 2 is 2.26 bits per heavy atom. The molecule has 1 heterocycles. The van der Waals surface area contributed by atoms with Crippen molar-refractivity contribution in [2.24, 2.45) is 0 Å². The van der Waals surface area contributed by atoms with Crippen molar-refractivity contribution < 1.29 is 9.47 Å². The molecule has 19 heavy (non-hydrogen) atoms. The normalized spacial score (nSPS) is 10.0. The Kier molecular flexibility index (Phi) is 7.84. The van der Waals surface area contributed by atoms with E-state index in [0.29, 0.717) is 17.5 Å². The van der Waals surface area contributed by atoms with E-state index in [1.54, 1.807) is 13.3 Å². The molecule has 5 nitrogen and oxygen atoms in total. The molecule has 2 N–H and O–H groups in total. The Morgan fingerprint density at radius 1 is 1.42 bits per heavy atom. The molecule has 0 saturated carbocycles. The summed E-state index contributed by atoms with van der Waals surface area (Å²) in [5.41, 5.74) is 1.07. The van der Waals surface area contributed by atoms with Crippen LogP contribution in [-0.2, 0) is 11.3 Å². The number of thiocarbonyl (C=S) groups is 1. The first kappa shape index (κ1) is 15.7. The molecule has 0 bridgehead atoms. The molecule has 0 amide bonds. The first-order chi connectivity index (χ1) is 9.26. The molecule has 0 aliphatic heterocycles. The zero-order chi connectivity index (χ0) is 13.9. The van der Waals surface area contributed by atoms with Gasteiger partial charge in [-0.3, -0.25) is 0 Å². The summed E-state index contributed by atoms with van der Waals surface area (Å²) >= 11 is 5.18. The lowest BCUT2D eigenvalue weighted by molar-refractivity contribution is 0.145. The molecule has 6 heteroatoms. The number of aromatic nitrogens is 1. The summed E-state index contributed by atoms with van der Waals surface area (Å²) in [7, 11) is 1.60. The quantitative estimate of drug-likeness (QED) is 0.557. The van der Waals surface area contributed by atoms with Crippen LogP contribution in [0.1, 0.15) is 18.9 Å². The molecule has 0 saturated heterocycles. The fraction of sp³-hybridized carbons (Fsp3) is 0.538. The van der Waals surface area contributed by atoms with Crippen molar-refractivity contribution in [1.82, 2.24) is 15.6 Å². The third-order valence-corrected chi connectivity index (χ3v) is 2.71. The SMILES string of the molecule is CCOCCCNC(=S)NCc1ccnc(OC)c1. The minimum absolute atomic E-state index is 0.606. The van der Waals surface area contributed by atoms with E-state index >= 15 is 0 Å². The Balaban J connectivity index is 2.18. The first-order valence-corrected chi connectivity index (χ1v) is 6.75. The van der Waals surface area contributed by atoms with Gasteiger partial charge >= 0.3 is 0 Å². The highest BCUT2D eigenvalue weighted by Gasteiger charge is 1.99. The fourth-order valence-corrected chi connectivity index (χ4v) is 1.61. The van der Waals surface area contributed by atoms with Gasteiger partial charge in [0.15, 0.2) is 5.11 Å². The number of nitrogens with zero attached hydrogens (tertiary/aromatic N) is 1. The molecule has 0 aromatic carbocycles. The van der Waals surface area contributed by atoms with Crippen LogP contribution in [0.15, 0.2) is 18.3 Å². The molecule has 0 aliphatic carbocycles. The van der Waals surface area contributed by atoms with Gasteiger partial charge in [-0.2, -0.15) is 0 Å². The number of ether oxygens (including phenoxy) is 2. The van der Waals surface area contributed by atoms with Gasteiger partial charge in [-0.15, -0.1) is 0 Å². The van der Waals surface area contributed by atoms with Crippen LogP contribution in [0.2, 0.25) is 0 Å². The summed E-state index contributed by atoms with van der Waals surface area (Å²) in [5.74, 6) is 0.606. The summed E-state index contributed by atoms with van der Waals surface area (Å²) in [6, 6.07) is 3.80. The second-order valence-corrected chi connectivity index (χ2v) is 4.27. The van der Waals surface area contributed by atoms with E-state index in [1.165, 1.54) is 0 Å². The highest BCUT2D eigenvalue weighted by atomic mass is 32.1. The molecule has 1 aromatic rings. The molecule has 0 unspecified atom stereocenters. The van der Waals surface area contributed by atoms with Gasteiger partial charge in [0.05, 0.1) is 7.11 Å². The van der Waals surface area contributed by atoms with Crippen molar-refractivity contribution in [3.05, 3.63) is 23.9 Å². The smallest absolute Gasteiger partial charge is 0.213 e. The van der Waals surface area contributed by atoms with Crippen molar-refractivity contribution in [2.45, 2.75) is 19.9 Å². The van der Waals surface area contributed by atoms with Gasteiger partial charge in [0.25, 0.3) is 0 Å². The van der Waals surface area contributed by atoms with Crippen LogP contribution in [0, 0.1) is 0 Å². The Labute approximate surface area is 119 Å². The van der Waals surface area contributed by atoms with E-state index in [0.717, 1.165) is 31.7 Å². The molecule has 0 radical (unpaired) electrons. The minimum atomic E-state index is 0.606. The average Bonchev–Trinajstić information content (AvgIpc) is 2.45. The molecular weight excluding hydrogens is 262 g/mol. The first-order valence-electron chi connectivity index (χ1n) is 6.34. The van der Waals surface area contributed by atoms with Gasteiger partial charge in [0.1, 0.15) is 0 Å². The van der Waals surface area contributed by atoms with Crippen LogP contribution < -0.4 is 15.4 Å². The molecule has 0 aliphatic rings. The van der Waals surface area contributed by atoms with Crippen molar-refractivity contribution in [2.75, 3.05) is 26.9 Å². The van der Waals surface area contributed by atoms with Crippen LogP contribution in [0.4, 0.5) is 0 Å². The number of methoxy groups -OCH3 is 1. The van der Waals surface area contributed by atoms with E-state index in [1.807, 2.05) is 19.1 Å². The fourth-order valence-electron chi connectivity index (χ4n) is 1.44. The third kappa shape index (κ3) is 6.93. The van der Waals surface area contributed by atoms with Gasteiger partial charge < -0.3 is 20.1 Å². The average molecular weight is 283 g/mol. The highest BCUT2D eigenvalue weighted by Crippen LogP contribution is 2.07. The number of pyridine rings is 1. The second-order valence-electron chi connectivity index (χ2n) is 3.87. The second kappa shape index (κ2) is 9.52. The van der Waals surface area contributed by atoms with Crippen LogP contribution >= 0.6 is 12.2 Å². The topological polar surface area (TPSA) is 55.4 Å². The predicted octanol–water partition coefficient (Wildman–Crippen LogP) is 1.48. The van der Waals surface area contributed by atoms with Gasteiger partial charge in [0.2, 0.25) is 5.88 Å². The van der Waals surface area contributed by atoms with E-state index in [4.69, 9.17) is 21.7 Å².